The maximum Gasteiger partial charge on any atom is 0.248 e. The van der Waals surface area contributed by atoms with Crippen molar-refractivity contribution in [3.05, 3.63) is 35.8 Å². The molecule has 2 saturated heterocycles. The van der Waals surface area contributed by atoms with E-state index in [4.69, 9.17) is 14.2 Å². The van der Waals surface area contributed by atoms with Crippen molar-refractivity contribution in [1.82, 2.24) is 19.9 Å². The Kier molecular flexibility index (Phi) is 11.7. The van der Waals surface area contributed by atoms with Gasteiger partial charge in [-0.25, -0.2) is 26.6 Å². The molecule has 48 heavy (non-hydrogen) atoms. The van der Waals surface area contributed by atoms with Crippen LogP contribution >= 0.6 is 11.8 Å². The number of hydrogen-bond acceptors (Lipinski definition) is 10. The number of carbonyl (C=O) groups is 1. The van der Waals surface area contributed by atoms with Gasteiger partial charge in [-0.1, -0.05) is 5.21 Å². The van der Waals surface area contributed by atoms with Crippen LogP contribution in [-0.4, -0.2) is 122 Å². The lowest BCUT2D eigenvalue weighted by Gasteiger charge is -2.47. The normalized spacial score (nSPS) is 28.2. The third-order valence-corrected chi connectivity index (χ3v) is 11.1. The number of aliphatic hydroxyl groups excluding tert-OH is 2. The summed E-state index contributed by atoms with van der Waals surface area (Å²) in [7, 11) is 1.30. The van der Waals surface area contributed by atoms with Gasteiger partial charge in [-0.2, -0.15) is 0 Å². The van der Waals surface area contributed by atoms with Crippen LogP contribution < -0.4 is 0 Å². The molecular formula is C31H41F5N4O7S. The third-order valence-electron chi connectivity index (χ3n) is 9.53. The van der Waals surface area contributed by atoms with Crippen molar-refractivity contribution in [2.24, 2.45) is 5.92 Å². The van der Waals surface area contributed by atoms with E-state index in [1.54, 1.807) is 11.8 Å². The van der Waals surface area contributed by atoms with Gasteiger partial charge in [0.2, 0.25) is 11.8 Å². The van der Waals surface area contributed by atoms with E-state index in [1.807, 2.05) is 0 Å². The molecule has 1 aromatic heterocycles. The first kappa shape index (κ1) is 36.9. The molecule has 3 fully saturated rings. The smallest absolute Gasteiger partial charge is 0.248 e. The van der Waals surface area contributed by atoms with E-state index in [2.05, 4.69) is 10.3 Å². The van der Waals surface area contributed by atoms with Crippen LogP contribution in [0.5, 0.6) is 0 Å². The summed E-state index contributed by atoms with van der Waals surface area (Å²) in [5.41, 5.74) is -3.20. The molecule has 0 unspecified atom stereocenters. The number of ether oxygens (including phenoxy) is 3. The summed E-state index contributed by atoms with van der Waals surface area (Å²) in [4.78, 5) is 15.9. The zero-order valence-corrected chi connectivity index (χ0v) is 27.4. The molecule has 1 aliphatic carbocycles. The second-order valence-electron chi connectivity index (χ2n) is 12.7. The predicted molar refractivity (Wildman–Crippen MR) is 162 cm³/mol. The van der Waals surface area contributed by atoms with Crippen LogP contribution in [0.4, 0.5) is 22.0 Å². The zero-order chi connectivity index (χ0) is 34.8. The van der Waals surface area contributed by atoms with Gasteiger partial charge < -0.3 is 34.4 Å². The lowest BCUT2D eigenvalue weighted by atomic mass is 9.80. The fourth-order valence-electron chi connectivity index (χ4n) is 6.62. The van der Waals surface area contributed by atoms with Gasteiger partial charge in [0.25, 0.3) is 0 Å². The standard InChI is InChI=1S/C31H41F5N4O7S/c1-3-39(14-17-4-10-46-11-5-17)28(43)27(30(44)6-8-31(35,36)9-7-30)48-29-26(45-2)24(25(42)22(16-41)47-29)40-15-21(37-38-40)18-12-19(32)23(34)20(33)13-18/h12-13,15,17,22,24-27,29,41-42,44H,3-11,14,16H2,1-2H3/t22-,24+,25+,26-,27-,29+/m1/s1. The number of hydrogen-bond donors (Lipinski definition) is 3. The fourth-order valence-corrected chi connectivity index (χ4v) is 8.28. The number of rotatable bonds is 11. The van der Waals surface area contributed by atoms with Crippen LogP contribution in [-0.2, 0) is 19.0 Å². The van der Waals surface area contributed by atoms with Gasteiger partial charge in [0, 0.05) is 51.8 Å². The molecule has 268 valence electrons. The summed E-state index contributed by atoms with van der Waals surface area (Å²) in [5, 5.41) is 40.0. The van der Waals surface area contributed by atoms with Crippen LogP contribution in [0.25, 0.3) is 11.3 Å². The summed E-state index contributed by atoms with van der Waals surface area (Å²) < 4.78 is 88.5. The van der Waals surface area contributed by atoms with E-state index < -0.39 is 89.4 Å². The Morgan fingerprint density at radius 3 is 2.40 bits per heavy atom. The molecule has 1 amide bonds. The lowest BCUT2D eigenvalue weighted by molar-refractivity contribution is -0.186. The molecule has 2 aliphatic heterocycles. The second kappa shape index (κ2) is 15.2. The molecule has 3 heterocycles. The number of thioether (sulfide) groups is 1. The van der Waals surface area contributed by atoms with Crippen LogP contribution in [0.3, 0.4) is 0 Å². The Morgan fingerprint density at radius 2 is 1.81 bits per heavy atom. The topological polar surface area (TPSA) is 139 Å². The highest BCUT2D eigenvalue weighted by Crippen LogP contribution is 2.47. The lowest BCUT2D eigenvalue weighted by Crippen LogP contribution is -2.59. The summed E-state index contributed by atoms with van der Waals surface area (Å²) in [6, 6.07) is 0.321. The SMILES string of the molecule is CCN(CC1CCOCC1)C(=O)[C@@H](S[C@@H]1O[C@H](CO)[C@H](O)[C@H](n2cc(-c3cc(F)c(F)c(F)c3)nn2)[C@H]1OC)C1(O)CCC(F)(F)CC1. The molecule has 2 aromatic rings. The molecule has 1 aromatic carbocycles. The van der Waals surface area contributed by atoms with E-state index in [0.717, 1.165) is 41.4 Å². The van der Waals surface area contributed by atoms with Crippen LogP contribution in [0.2, 0.25) is 0 Å². The predicted octanol–water partition coefficient (Wildman–Crippen LogP) is 3.31. The Balaban J connectivity index is 1.47. The van der Waals surface area contributed by atoms with Gasteiger partial charge in [0.15, 0.2) is 17.5 Å². The molecule has 11 nitrogen and oxygen atoms in total. The van der Waals surface area contributed by atoms with Gasteiger partial charge in [-0.15, -0.1) is 16.9 Å². The highest BCUT2D eigenvalue weighted by Gasteiger charge is 2.54. The fraction of sp³-hybridized carbons (Fsp3) is 0.710. The quantitative estimate of drug-likeness (QED) is 0.236. The van der Waals surface area contributed by atoms with Crippen molar-refractivity contribution < 1.29 is 56.3 Å². The van der Waals surface area contributed by atoms with E-state index in [1.165, 1.54) is 13.3 Å². The van der Waals surface area contributed by atoms with Gasteiger partial charge in [-0.3, -0.25) is 4.79 Å². The summed E-state index contributed by atoms with van der Waals surface area (Å²) in [5.74, 6) is -7.84. The number of benzene rings is 1. The van der Waals surface area contributed by atoms with E-state index >= 15 is 0 Å². The molecule has 3 aliphatic rings. The first-order valence-electron chi connectivity index (χ1n) is 16.0. The summed E-state index contributed by atoms with van der Waals surface area (Å²) in [6.07, 6.45) is -3.06. The Hall–Kier alpha value is -2.41. The average Bonchev–Trinajstić information content (AvgIpc) is 3.56. The second-order valence-corrected chi connectivity index (χ2v) is 13.9. The Bertz CT molecular complexity index is 1380. The minimum Gasteiger partial charge on any atom is -0.394 e. The first-order valence-corrected chi connectivity index (χ1v) is 16.9. The molecule has 0 radical (unpaired) electrons. The van der Waals surface area contributed by atoms with E-state index in [9.17, 15) is 42.1 Å². The van der Waals surface area contributed by atoms with Crippen molar-refractivity contribution in [1.29, 1.82) is 0 Å². The zero-order valence-electron chi connectivity index (χ0n) is 26.6. The number of methoxy groups -OCH3 is 1. The maximum atomic E-state index is 14.3. The van der Waals surface area contributed by atoms with Gasteiger partial charge in [-0.05, 0) is 50.7 Å². The highest BCUT2D eigenvalue weighted by atomic mass is 32.2. The first-order chi connectivity index (χ1) is 22.8. The van der Waals surface area contributed by atoms with Crippen molar-refractivity contribution in [2.75, 3.05) is 40.0 Å². The van der Waals surface area contributed by atoms with Gasteiger partial charge in [0.05, 0.1) is 18.4 Å². The number of alkyl halides is 2. The number of nitrogens with zero attached hydrogens (tertiary/aromatic N) is 4. The number of amides is 1. The monoisotopic (exact) mass is 708 g/mol. The molecule has 1 saturated carbocycles. The van der Waals surface area contributed by atoms with Crippen LogP contribution in [0.1, 0.15) is 51.5 Å². The molecule has 3 N–H and O–H groups in total. The molecule has 0 spiro atoms. The molecule has 17 heteroatoms. The molecular weight excluding hydrogens is 667 g/mol. The molecule has 0 bridgehead atoms. The van der Waals surface area contributed by atoms with E-state index in [0.29, 0.717) is 26.3 Å². The minimum absolute atomic E-state index is 0.0664. The Labute approximate surface area is 278 Å². The van der Waals surface area contributed by atoms with E-state index in [-0.39, 0.29) is 30.0 Å². The van der Waals surface area contributed by atoms with Gasteiger partial charge >= 0.3 is 0 Å². The number of carbonyl (C=O) groups excluding carboxylic acids is 1. The van der Waals surface area contributed by atoms with Gasteiger partial charge in [0.1, 0.15) is 40.7 Å². The maximum absolute atomic E-state index is 14.3. The van der Waals surface area contributed by atoms with Crippen LogP contribution in [0.15, 0.2) is 18.3 Å². The number of aliphatic hydroxyl groups is 3. The van der Waals surface area contributed by atoms with Crippen molar-refractivity contribution in [3.63, 3.8) is 0 Å². The largest absolute Gasteiger partial charge is 0.394 e. The number of aromatic nitrogens is 3. The van der Waals surface area contributed by atoms with Crippen molar-refractivity contribution >= 4 is 17.7 Å². The van der Waals surface area contributed by atoms with Crippen molar-refractivity contribution in [2.45, 2.75) is 92.0 Å². The highest BCUT2D eigenvalue weighted by molar-refractivity contribution is 8.01. The summed E-state index contributed by atoms with van der Waals surface area (Å²) >= 11 is 0.863. The summed E-state index contributed by atoms with van der Waals surface area (Å²) in [6.45, 7) is 2.91. The third kappa shape index (κ3) is 7.81. The minimum atomic E-state index is -2.99. The molecule has 5 rings (SSSR count). The van der Waals surface area contributed by atoms with Crippen LogP contribution in [0, 0.1) is 23.4 Å². The Morgan fingerprint density at radius 1 is 1.17 bits per heavy atom. The molecule has 6 atom stereocenters. The van der Waals surface area contributed by atoms with Crippen molar-refractivity contribution in [3.8, 4) is 11.3 Å². The average molecular weight is 709 g/mol. The number of halogens is 5.